The zero-order valence-electron chi connectivity index (χ0n) is 11.1. The van der Waals surface area contributed by atoms with Gasteiger partial charge in [-0.25, -0.2) is 4.39 Å². The van der Waals surface area contributed by atoms with E-state index in [2.05, 4.69) is 5.32 Å². The van der Waals surface area contributed by atoms with Crippen molar-refractivity contribution < 1.29 is 9.13 Å². The van der Waals surface area contributed by atoms with Crippen LogP contribution in [0.15, 0.2) is 36.4 Å². The number of hydrogen-bond acceptors (Lipinski definition) is 2. The van der Waals surface area contributed by atoms with Crippen molar-refractivity contribution in [3.05, 3.63) is 57.8 Å². The molecule has 0 bridgehead atoms. The van der Waals surface area contributed by atoms with E-state index in [1.54, 1.807) is 24.3 Å². The van der Waals surface area contributed by atoms with Crippen molar-refractivity contribution in [2.24, 2.45) is 0 Å². The normalized spacial score (nSPS) is 12.1. The van der Waals surface area contributed by atoms with Crippen LogP contribution in [0.4, 0.5) is 10.1 Å². The van der Waals surface area contributed by atoms with Crippen LogP contribution in [0.3, 0.4) is 0 Å². The van der Waals surface area contributed by atoms with E-state index >= 15 is 0 Å². The predicted octanol–water partition coefficient (Wildman–Crippen LogP) is 5.31. The summed E-state index contributed by atoms with van der Waals surface area (Å²) < 4.78 is 18.3. The van der Waals surface area contributed by atoms with Gasteiger partial charge in [0, 0.05) is 21.8 Å². The Balaban J connectivity index is 2.23. The second-order valence-electron chi connectivity index (χ2n) is 4.38. The topological polar surface area (TPSA) is 21.3 Å². The van der Waals surface area contributed by atoms with Crippen LogP contribution in [0.2, 0.25) is 10.0 Å². The van der Waals surface area contributed by atoms with Crippen molar-refractivity contribution in [2.75, 3.05) is 12.4 Å². The fraction of sp³-hybridized carbons (Fsp3) is 0.200. The molecule has 1 N–H and O–H groups in total. The number of ether oxygens (including phenoxy) is 1. The lowest BCUT2D eigenvalue weighted by molar-refractivity contribution is 0.387. The van der Waals surface area contributed by atoms with E-state index in [-0.39, 0.29) is 11.8 Å². The number of halogens is 3. The molecule has 0 radical (unpaired) electrons. The van der Waals surface area contributed by atoms with Gasteiger partial charge < -0.3 is 10.1 Å². The Kier molecular flexibility index (Phi) is 4.73. The first-order chi connectivity index (χ1) is 9.51. The summed E-state index contributed by atoms with van der Waals surface area (Å²) in [6.45, 7) is 1.95. The molecule has 0 saturated heterocycles. The number of rotatable bonds is 4. The van der Waals surface area contributed by atoms with Crippen LogP contribution in [-0.4, -0.2) is 7.11 Å². The minimum Gasteiger partial charge on any atom is -0.494 e. The van der Waals surface area contributed by atoms with Crippen molar-refractivity contribution in [1.82, 2.24) is 0 Å². The Hall–Kier alpha value is -1.45. The van der Waals surface area contributed by atoms with Crippen LogP contribution in [0.5, 0.6) is 5.75 Å². The molecule has 0 heterocycles. The van der Waals surface area contributed by atoms with Crippen LogP contribution in [0.1, 0.15) is 18.5 Å². The molecule has 5 heteroatoms. The smallest absolute Gasteiger partial charge is 0.165 e. The molecule has 2 nitrogen and oxygen atoms in total. The summed E-state index contributed by atoms with van der Waals surface area (Å²) in [4.78, 5) is 0. The van der Waals surface area contributed by atoms with E-state index in [0.29, 0.717) is 10.0 Å². The maximum absolute atomic E-state index is 13.4. The molecule has 0 saturated carbocycles. The summed E-state index contributed by atoms with van der Waals surface area (Å²) in [6, 6.07) is 9.83. The molecule has 0 aliphatic carbocycles. The molecule has 1 atom stereocenters. The maximum Gasteiger partial charge on any atom is 0.165 e. The van der Waals surface area contributed by atoms with Crippen LogP contribution >= 0.6 is 23.2 Å². The third-order valence-electron chi connectivity index (χ3n) is 2.96. The zero-order chi connectivity index (χ0) is 14.7. The van der Waals surface area contributed by atoms with E-state index in [4.69, 9.17) is 27.9 Å². The molecular weight excluding hydrogens is 300 g/mol. The van der Waals surface area contributed by atoms with Gasteiger partial charge in [-0.3, -0.25) is 0 Å². The fourth-order valence-electron chi connectivity index (χ4n) is 1.92. The predicted molar refractivity (Wildman–Crippen MR) is 81.5 cm³/mol. The minimum absolute atomic E-state index is 0.0728. The Morgan fingerprint density at radius 2 is 1.90 bits per heavy atom. The van der Waals surface area contributed by atoms with Gasteiger partial charge in [-0.15, -0.1) is 0 Å². The lowest BCUT2D eigenvalue weighted by Crippen LogP contribution is -2.07. The van der Waals surface area contributed by atoms with Crippen molar-refractivity contribution >= 4 is 28.9 Å². The molecule has 0 aliphatic heterocycles. The first-order valence-electron chi connectivity index (χ1n) is 6.06. The number of benzene rings is 2. The van der Waals surface area contributed by atoms with Gasteiger partial charge in [-0.2, -0.15) is 0 Å². The fourth-order valence-corrected chi connectivity index (χ4v) is 2.39. The van der Waals surface area contributed by atoms with E-state index in [9.17, 15) is 4.39 Å². The molecular formula is C15H14Cl2FNO. The molecule has 20 heavy (non-hydrogen) atoms. The van der Waals surface area contributed by atoms with Gasteiger partial charge >= 0.3 is 0 Å². The average molecular weight is 314 g/mol. The number of methoxy groups -OCH3 is 1. The highest BCUT2D eigenvalue weighted by Crippen LogP contribution is 2.30. The summed E-state index contributed by atoms with van der Waals surface area (Å²) in [6.07, 6.45) is 0. The molecule has 2 rings (SSSR count). The molecule has 2 aromatic rings. The van der Waals surface area contributed by atoms with Crippen molar-refractivity contribution in [3.63, 3.8) is 0 Å². The van der Waals surface area contributed by atoms with Crippen molar-refractivity contribution in [3.8, 4) is 5.75 Å². The SMILES string of the molecule is COc1cc(NC(C)c2cc(Cl)ccc2Cl)ccc1F. The summed E-state index contributed by atoms with van der Waals surface area (Å²) in [5.74, 6) is -0.203. The third-order valence-corrected chi connectivity index (χ3v) is 3.54. The Morgan fingerprint density at radius 1 is 1.15 bits per heavy atom. The molecule has 0 fully saturated rings. The third kappa shape index (κ3) is 3.35. The first kappa shape index (κ1) is 14.9. The minimum atomic E-state index is -0.397. The number of hydrogen-bond donors (Lipinski definition) is 1. The van der Waals surface area contributed by atoms with Gasteiger partial charge in [0.1, 0.15) is 0 Å². The highest BCUT2D eigenvalue weighted by Gasteiger charge is 2.11. The van der Waals surface area contributed by atoms with Crippen LogP contribution in [-0.2, 0) is 0 Å². The average Bonchev–Trinajstić information content (AvgIpc) is 2.43. The largest absolute Gasteiger partial charge is 0.494 e. The quantitative estimate of drug-likeness (QED) is 0.825. The molecule has 1 unspecified atom stereocenters. The van der Waals surface area contributed by atoms with E-state index < -0.39 is 5.82 Å². The van der Waals surface area contributed by atoms with Gasteiger partial charge in [0.25, 0.3) is 0 Å². The van der Waals surface area contributed by atoms with Crippen LogP contribution in [0, 0.1) is 5.82 Å². The van der Waals surface area contributed by atoms with Crippen LogP contribution in [0.25, 0.3) is 0 Å². The van der Waals surface area contributed by atoms with Crippen molar-refractivity contribution in [2.45, 2.75) is 13.0 Å². The summed E-state index contributed by atoms with van der Waals surface area (Å²) in [5, 5.41) is 4.49. The van der Waals surface area contributed by atoms with Crippen LogP contribution < -0.4 is 10.1 Å². The molecule has 0 aromatic heterocycles. The monoisotopic (exact) mass is 313 g/mol. The summed E-state index contributed by atoms with van der Waals surface area (Å²) in [7, 11) is 1.43. The standard InChI is InChI=1S/C15H14Cl2FNO/c1-9(12-7-10(16)3-5-13(12)17)19-11-4-6-14(18)15(8-11)20-2/h3-9,19H,1-2H3. The number of nitrogens with one attached hydrogen (secondary N) is 1. The van der Waals surface area contributed by atoms with Gasteiger partial charge in [0.2, 0.25) is 0 Å². The lowest BCUT2D eigenvalue weighted by atomic mass is 10.1. The number of anilines is 1. The highest BCUT2D eigenvalue weighted by atomic mass is 35.5. The molecule has 2 aromatic carbocycles. The summed E-state index contributed by atoms with van der Waals surface area (Å²) in [5.41, 5.74) is 1.62. The lowest BCUT2D eigenvalue weighted by Gasteiger charge is -2.18. The Bertz CT molecular complexity index is 619. The summed E-state index contributed by atoms with van der Waals surface area (Å²) >= 11 is 12.1. The van der Waals surface area contributed by atoms with E-state index in [1.165, 1.54) is 13.2 Å². The second-order valence-corrected chi connectivity index (χ2v) is 5.22. The maximum atomic E-state index is 13.4. The zero-order valence-corrected chi connectivity index (χ0v) is 12.6. The first-order valence-corrected chi connectivity index (χ1v) is 6.82. The van der Waals surface area contributed by atoms with E-state index in [0.717, 1.165) is 11.3 Å². The van der Waals surface area contributed by atoms with E-state index in [1.807, 2.05) is 13.0 Å². The van der Waals surface area contributed by atoms with Crippen molar-refractivity contribution in [1.29, 1.82) is 0 Å². The molecule has 0 aliphatic rings. The second kappa shape index (κ2) is 6.33. The van der Waals surface area contributed by atoms with Gasteiger partial charge in [0.05, 0.1) is 13.2 Å². The van der Waals surface area contributed by atoms with Gasteiger partial charge in [-0.1, -0.05) is 23.2 Å². The highest BCUT2D eigenvalue weighted by molar-refractivity contribution is 6.33. The Morgan fingerprint density at radius 3 is 2.60 bits per heavy atom. The Labute approximate surface area is 127 Å². The molecule has 106 valence electrons. The molecule has 0 spiro atoms. The molecule has 0 amide bonds. The van der Waals surface area contributed by atoms with Gasteiger partial charge in [-0.05, 0) is 42.8 Å². The van der Waals surface area contributed by atoms with Gasteiger partial charge in [0.15, 0.2) is 11.6 Å².